The number of ether oxygens (including phenoxy) is 2. The fourth-order valence-corrected chi connectivity index (χ4v) is 12.7. The number of hydrogen-bond donors (Lipinski definition) is 5. The summed E-state index contributed by atoms with van der Waals surface area (Å²) < 4.78 is 57.0. The van der Waals surface area contributed by atoms with Gasteiger partial charge in [-0.1, -0.05) is 38.1 Å². The normalized spacial score (nSPS) is 23.7. The summed E-state index contributed by atoms with van der Waals surface area (Å²) in [7, 11) is -4.74. The molecule has 3 aromatic carbocycles. The summed E-state index contributed by atoms with van der Waals surface area (Å²) in [5.74, 6) is -1.19. The summed E-state index contributed by atoms with van der Waals surface area (Å²) in [6, 6.07) is 16.5. The van der Waals surface area contributed by atoms with Gasteiger partial charge < -0.3 is 40.4 Å². The van der Waals surface area contributed by atoms with Crippen LogP contribution in [0.2, 0.25) is 0 Å². The van der Waals surface area contributed by atoms with Gasteiger partial charge in [0, 0.05) is 68.8 Å². The maximum atomic E-state index is 14.7. The Hall–Kier alpha value is -6.51. The molecule has 0 bridgehead atoms. The quantitative estimate of drug-likeness (QED) is 0.0625. The number of benzene rings is 3. The van der Waals surface area contributed by atoms with Gasteiger partial charge in [0.25, 0.3) is 21.6 Å². The first-order valence-corrected chi connectivity index (χ1v) is 25.9. The van der Waals surface area contributed by atoms with Crippen LogP contribution in [0.4, 0.5) is 26.2 Å². The summed E-state index contributed by atoms with van der Waals surface area (Å²) in [5, 5.41) is 26.2. The van der Waals surface area contributed by atoms with E-state index >= 15 is 0 Å². The highest BCUT2D eigenvalue weighted by Gasteiger charge is 2.50. The maximum absolute atomic E-state index is 14.7. The number of nitro groups is 1. The number of carbonyl (C=O) groups is 2. The number of fused-ring (bicyclic) bond motifs is 2. The average molecular weight is 994 g/mol. The number of hydrogen-bond acceptors (Lipinski definition) is 13. The van der Waals surface area contributed by atoms with Gasteiger partial charge in [-0.25, -0.2) is 27.3 Å². The largest absolute Gasteiger partial charge is 0.489 e. The minimum Gasteiger partial charge on any atom is -0.489 e. The Morgan fingerprint density at radius 1 is 1.04 bits per heavy atom. The molecule has 2 atom stereocenters. The van der Waals surface area contributed by atoms with Gasteiger partial charge in [-0.15, -0.1) is 0 Å². The maximum Gasteiger partial charge on any atom is 0.314 e. The number of piperidine rings is 1. The van der Waals surface area contributed by atoms with E-state index in [1.54, 1.807) is 24.0 Å². The van der Waals surface area contributed by atoms with Crippen molar-refractivity contribution >= 4 is 50.1 Å². The Balaban J connectivity index is 0.865. The Morgan fingerprint density at radius 2 is 1.79 bits per heavy atom. The second-order valence-electron chi connectivity index (χ2n) is 20.8. The van der Waals surface area contributed by atoms with Crippen molar-refractivity contribution in [2.75, 3.05) is 49.5 Å². The number of urea groups is 1. The third-order valence-electron chi connectivity index (χ3n) is 15.8. The Morgan fingerprint density at radius 3 is 2.51 bits per heavy atom. The van der Waals surface area contributed by atoms with E-state index in [4.69, 9.17) is 15.2 Å². The van der Waals surface area contributed by atoms with Crippen LogP contribution < -0.4 is 30.1 Å². The van der Waals surface area contributed by atoms with Crippen molar-refractivity contribution in [2.45, 2.75) is 107 Å². The number of sulfonamides is 1. The van der Waals surface area contributed by atoms with E-state index in [9.17, 15) is 37.6 Å². The van der Waals surface area contributed by atoms with Crippen molar-refractivity contribution in [2.24, 2.45) is 17.1 Å². The van der Waals surface area contributed by atoms with E-state index in [1.807, 2.05) is 0 Å². The number of carbonyl (C=O) groups excluding carboxylic acids is 2. The molecule has 0 unspecified atom stereocenters. The van der Waals surface area contributed by atoms with Gasteiger partial charge in [0.15, 0.2) is 11.4 Å². The molecule has 10 rings (SSSR count). The molecule has 18 nitrogen and oxygen atoms in total. The molecule has 4 fully saturated rings. The lowest BCUT2D eigenvalue weighted by Gasteiger charge is -2.58. The number of piperazine rings is 1. The van der Waals surface area contributed by atoms with E-state index in [0.717, 1.165) is 50.0 Å². The molecule has 5 heterocycles. The van der Waals surface area contributed by atoms with Gasteiger partial charge in [0.1, 0.15) is 29.6 Å². The summed E-state index contributed by atoms with van der Waals surface area (Å²) >= 11 is 0. The fraction of sp³-hybridized carbons (Fsp3) is 0.471. The standard InChI is InChI=1S/C51H60FN9O9S/c1-30(2)36-6-4-5-7-37(36)43-28-59(49(53)63)18-19-60(43)33-24-51(25-33)14-16-58(17-15-51)32-8-9-38(44(20-32)70-34-21-39-40(52)27-55-47(39)54-26-34)48(62)57-71(67,68)35-22-42(61(65)66)46-45(23-35)69-29-41(56-46)31-10-12-50(3,64)13-11-31/h4-9,20-23,26-27,30-31,33,41,43,56,64H,10-19,24-25,28-29H2,1-3H3,(H2,53,63)(H,54,55)(H,57,62)/t31?,41-,43+,50?/m1/s1. The van der Waals surface area contributed by atoms with Gasteiger partial charge in [-0.05, 0) is 105 Å². The van der Waals surface area contributed by atoms with Crippen LogP contribution >= 0.6 is 0 Å². The van der Waals surface area contributed by atoms with Crippen LogP contribution in [0.15, 0.2) is 78.0 Å². The number of amides is 3. The molecule has 2 saturated carbocycles. The number of aromatic nitrogens is 2. The molecule has 376 valence electrons. The summed E-state index contributed by atoms with van der Waals surface area (Å²) in [6.07, 6.45) is 8.93. The Kier molecular flexibility index (Phi) is 12.6. The number of anilines is 2. The highest BCUT2D eigenvalue weighted by molar-refractivity contribution is 7.90. The van der Waals surface area contributed by atoms with E-state index in [0.29, 0.717) is 63.8 Å². The van der Waals surface area contributed by atoms with Gasteiger partial charge in [-0.2, -0.15) is 0 Å². The molecule has 5 aliphatic rings. The molecule has 6 N–H and O–H groups in total. The monoisotopic (exact) mass is 993 g/mol. The number of nitrogens with two attached hydrogens (primary N) is 1. The number of aromatic amines is 1. The first kappa shape index (κ1) is 48.1. The molecule has 20 heteroatoms. The predicted molar refractivity (Wildman–Crippen MR) is 264 cm³/mol. The molecule has 0 radical (unpaired) electrons. The zero-order chi connectivity index (χ0) is 50.0. The third kappa shape index (κ3) is 9.56. The lowest BCUT2D eigenvalue weighted by Crippen LogP contribution is -2.61. The Labute approximate surface area is 411 Å². The van der Waals surface area contributed by atoms with Crippen LogP contribution in [0.25, 0.3) is 11.0 Å². The molecular weight excluding hydrogens is 934 g/mol. The fourth-order valence-electron chi connectivity index (χ4n) is 11.7. The molecule has 3 amide bonds. The third-order valence-corrected chi connectivity index (χ3v) is 17.1. The highest BCUT2D eigenvalue weighted by Crippen LogP contribution is 2.53. The molecule has 2 saturated heterocycles. The van der Waals surface area contributed by atoms with E-state index < -0.39 is 48.9 Å². The van der Waals surface area contributed by atoms with Crippen molar-refractivity contribution in [1.29, 1.82) is 0 Å². The van der Waals surface area contributed by atoms with Crippen LogP contribution in [0, 0.1) is 27.3 Å². The van der Waals surface area contributed by atoms with Crippen molar-refractivity contribution in [3.63, 3.8) is 0 Å². The molecule has 71 heavy (non-hydrogen) atoms. The minimum atomic E-state index is -4.74. The lowest BCUT2D eigenvalue weighted by atomic mass is 9.59. The number of nitrogens with zero attached hydrogens (tertiary/aromatic N) is 5. The predicted octanol–water partition coefficient (Wildman–Crippen LogP) is 7.95. The average Bonchev–Trinajstić information content (AvgIpc) is 3.71. The number of rotatable bonds is 11. The summed E-state index contributed by atoms with van der Waals surface area (Å²) in [6.45, 7) is 9.57. The molecule has 1 spiro atoms. The number of halogens is 1. The SMILES string of the molecule is CC(C)c1ccccc1[C@@H]1CN(C(N)=O)CCN1C1CC2(CCN(c3ccc(C(=O)NS(=O)(=O)c4cc5c(c([N+](=O)[O-])c4)N[C@@H](C4CCC(C)(O)CC4)CO5)c(Oc4cnc5[nH]cc(F)c5c4)c3)CC2)C1. The van der Waals surface area contributed by atoms with Gasteiger partial charge in [-0.3, -0.25) is 19.8 Å². The van der Waals surface area contributed by atoms with Crippen molar-refractivity contribution < 1.29 is 41.9 Å². The number of aliphatic hydroxyl groups is 1. The second-order valence-corrected chi connectivity index (χ2v) is 22.4. The first-order chi connectivity index (χ1) is 33.9. The van der Waals surface area contributed by atoms with Crippen LogP contribution in [-0.2, 0) is 10.0 Å². The number of pyridine rings is 1. The van der Waals surface area contributed by atoms with Crippen molar-refractivity contribution in [1.82, 2.24) is 24.5 Å². The van der Waals surface area contributed by atoms with Crippen LogP contribution in [0.1, 0.15) is 106 Å². The summed E-state index contributed by atoms with van der Waals surface area (Å²) in [5.41, 5.74) is 8.04. The number of H-pyrrole nitrogens is 1. The zero-order valence-electron chi connectivity index (χ0n) is 40.0. The van der Waals surface area contributed by atoms with Crippen LogP contribution in [0.3, 0.4) is 0 Å². The summed E-state index contributed by atoms with van der Waals surface area (Å²) in [4.78, 5) is 51.2. The molecule has 3 aliphatic heterocycles. The lowest BCUT2D eigenvalue weighted by molar-refractivity contribution is -0.384. The number of primary amides is 1. The first-order valence-electron chi connectivity index (χ1n) is 24.5. The number of nitro benzene ring substituents is 1. The molecular formula is C51H60FN9O9S. The van der Waals surface area contributed by atoms with Crippen LogP contribution in [0.5, 0.6) is 17.2 Å². The highest BCUT2D eigenvalue weighted by atomic mass is 32.2. The minimum absolute atomic E-state index is 0.0154. The van der Waals surface area contributed by atoms with Crippen LogP contribution in [-0.4, -0.2) is 107 Å². The van der Waals surface area contributed by atoms with Crippen molar-refractivity contribution in [3.05, 3.63) is 106 Å². The molecule has 2 aliphatic carbocycles. The smallest absolute Gasteiger partial charge is 0.314 e. The molecule has 5 aromatic rings. The zero-order valence-corrected chi connectivity index (χ0v) is 40.8. The second kappa shape index (κ2) is 18.6. The number of nitrogens with one attached hydrogen (secondary N) is 3. The van der Waals surface area contributed by atoms with E-state index in [1.165, 1.54) is 35.7 Å². The van der Waals surface area contributed by atoms with E-state index in [-0.39, 0.29) is 69.6 Å². The molecule has 2 aromatic heterocycles. The van der Waals surface area contributed by atoms with Gasteiger partial charge >= 0.3 is 6.03 Å². The van der Waals surface area contributed by atoms with E-state index in [2.05, 4.69) is 67.9 Å². The topological polar surface area (TPSA) is 239 Å². The Bertz CT molecular complexity index is 2990. The van der Waals surface area contributed by atoms with Crippen molar-refractivity contribution in [3.8, 4) is 17.2 Å². The van der Waals surface area contributed by atoms with Gasteiger partial charge in [0.05, 0.1) is 44.7 Å². The van der Waals surface area contributed by atoms with Gasteiger partial charge in [0.2, 0.25) is 0 Å².